The largest absolute Gasteiger partial charge is 0.465 e. The Bertz CT molecular complexity index is 795. The van der Waals surface area contributed by atoms with Gasteiger partial charge < -0.3 is 15.1 Å². The molecular weight excluding hydrogens is 408 g/mol. The molecule has 2 atom stereocenters. The van der Waals surface area contributed by atoms with Crippen LogP contribution in [0, 0.1) is 11.6 Å². The summed E-state index contributed by atoms with van der Waals surface area (Å²) < 4.78 is 28.0. The highest BCUT2D eigenvalue weighted by Crippen LogP contribution is 2.39. The fourth-order valence-electron chi connectivity index (χ4n) is 3.64. The summed E-state index contributed by atoms with van der Waals surface area (Å²) in [7, 11) is 0. The normalized spacial score (nSPS) is 19.4. The summed E-state index contributed by atoms with van der Waals surface area (Å²) in [6.45, 7) is 0.308. The quantitative estimate of drug-likeness (QED) is 0.767. The molecule has 3 rings (SSSR count). The van der Waals surface area contributed by atoms with Gasteiger partial charge in [-0.3, -0.25) is 0 Å². The van der Waals surface area contributed by atoms with Crippen molar-refractivity contribution in [2.45, 2.75) is 30.9 Å². The van der Waals surface area contributed by atoms with Gasteiger partial charge in [-0.25, -0.2) is 13.6 Å². The van der Waals surface area contributed by atoms with Crippen LogP contribution in [0.15, 0.2) is 46.9 Å². The number of nitrogens with zero attached hydrogens (tertiary/aromatic N) is 1. The summed E-state index contributed by atoms with van der Waals surface area (Å²) in [5, 5.41) is 21.1. The summed E-state index contributed by atoms with van der Waals surface area (Å²) in [6.07, 6.45) is -0.240. The van der Waals surface area contributed by atoms with E-state index in [1.807, 2.05) is 0 Å². The van der Waals surface area contributed by atoms with Crippen molar-refractivity contribution in [3.63, 3.8) is 0 Å². The molecule has 1 unspecified atom stereocenters. The molecule has 1 amide bonds. The number of carboxylic acid groups (broad SMARTS) is 1. The van der Waals surface area contributed by atoms with Crippen LogP contribution in [0.5, 0.6) is 0 Å². The zero-order valence-corrected chi connectivity index (χ0v) is 15.4. The molecule has 0 saturated carbocycles. The van der Waals surface area contributed by atoms with E-state index in [1.165, 1.54) is 4.90 Å². The van der Waals surface area contributed by atoms with Crippen molar-refractivity contribution in [1.82, 2.24) is 4.90 Å². The minimum absolute atomic E-state index is 0.106. The first-order valence-electron chi connectivity index (χ1n) is 8.24. The lowest BCUT2D eigenvalue weighted by atomic mass is 9.80. The van der Waals surface area contributed by atoms with E-state index in [2.05, 4.69) is 15.9 Å². The molecular formula is C19H18BrF2NO3. The molecule has 0 spiro atoms. The Morgan fingerprint density at radius 2 is 1.96 bits per heavy atom. The summed E-state index contributed by atoms with van der Waals surface area (Å²) in [6, 6.07) is 9.79. The summed E-state index contributed by atoms with van der Waals surface area (Å²) in [5.41, 5.74) is -1.04. The maximum Gasteiger partial charge on any atom is 0.407 e. The number of likely N-dealkylation sites (tertiary alicyclic amines) is 1. The molecule has 1 aliphatic heterocycles. The van der Waals surface area contributed by atoms with Crippen LogP contribution in [0.3, 0.4) is 0 Å². The molecule has 2 N–H and O–H groups in total. The second-order valence-corrected chi connectivity index (χ2v) is 7.30. The Balaban J connectivity index is 2.09. The van der Waals surface area contributed by atoms with Crippen LogP contribution in [-0.2, 0) is 12.0 Å². The van der Waals surface area contributed by atoms with Crippen molar-refractivity contribution >= 4 is 22.0 Å². The van der Waals surface area contributed by atoms with Crippen molar-refractivity contribution in [3.05, 3.63) is 69.7 Å². The summed E-state index contributed by atoms with van der Waals surface area (Å²) in [4.78, 5) is 12.8. The van der Waals surface area contributed by atoms with Crippen molar-refractivity contribution < 1.29 is 23.8 Å². The first-order valence-corrected chi connectivity index (χ1v) is 9.03. The Labute approximate surface area is 158 Å². The van der Waals surface area contributed by atoms with Crippen molar-refractivity contribution in [2.24, 2.45) is 0 Å². The molecule has 138 valence electrons. The van der Waals surface area contributed by atoms with Gasteiger partial charge in [-0.15, -0.1) is 0 Å². The lowest BCUT2D eigenvalue weighted by molar-refractivity contribution is -0.0339. The van der Waals surface area contributed by atoms with E-state index >= 15 is 0 Å². The number of amides is 1. The van der Waals surface area contributed by atoms with E-state index in [-0.39, 0.29) is 16.5 Å². The molecule has 0 radical (unpaired) electrons. The van der Waals surface area contributed by atoms with Crippen LogP contribution in [0.25, 0.3) is 0 Å². The van der Waals surface area contributed by atoms with Crippen molar-refractivity contribution in [1.29, 1.82) is 0 Å². The Kier molecular flexibility index (Phi) is 5.29. The molecule has 1 heterocycles. The molecule has 0 bridgehead atoms. The van der Waals surface area contributed by atoms with Crippen LogP contribution in [-0.4, -0.2) is 33.8 Å². The first-order chi connectivity index (χ1) is 12.3. The average molecular weight is 426 g/mol. The minimum Gasteiger partial charge on any atom is -0.465 e. The van der Waals surface area contributed by atoms with E-state index in [4.69, 9.17) is 0 Å². The van der Waals surface area contributed by atoms with Gasteiger partial charge >= 0.3 is 6.09 Å². The molecule has 0 aliphatic carbocycles. The smallest absolute Gasteiger partial charge is 0.407 e. The summed E-state index contributed by atoms with van der Waals surface area (Å²) >= 11 is 3.15. The van der Waals surface area contributed by atoms with Crippen LogP contribution in [0.2, 0.25) is 0 Å². The molecule has 1 fully saturated rings. The SMILES string of the molecule is O=C(O)N1CCC[C@H]1C(O)(Cc1c(F)cc(F)cc1Br)c1ccccc1. The fourth-order valence-corrected chi connectivity index (χ4v) is 4.19. The van der Waals surface area contributed by atoms with Gasteiger partial charge in [-0.05, 0) is 24.5 Å². The van der Waals surface area contributed by atoms with E-state index in [0.717, 1.165) is 12.1 Å². The minimum atomic E-state index is -1.64. The van der Waals surface area contributed by atoms with Gasteiger partial charge in [0.2, 0.25) is 0 Å². The highest BCUT2D eigenvalue weighted by molar-refractivity contribution is 9.10. The number of halogens is 3. The third-order valence-corrected chi connectivity index (χ3v) is 5.58. The maximum atomic E-state index is 14.4. The molecule has 1 saturated heterocycles. The van der Waals surface area contributed by atoms with Crippen molar-refractivity contribution in [3.8, 4) is 0 Å². The average Bonchev–Trinajstić information content (AvgIpc) is 3.09. The van der Waals surface area contributed by atoms with E-state index in [0.29, 0.717) is 24.9 Å². The predicted molar refractivity (Wildman–Crippen MR) is 95.9 cm³/mol. The van der Waals surface area contributed by atoms with Gasteiger partial charge in [-0.2, -0.15) is 0 Å². The van der Waals surface area contributed by atoms with Crippen LogP contribution < -0.4 is 0 Å². The molecule has 0 aromatic heterocycles. The van der Waals surface area contributed by atoms with E-state index in [1.54, 1.807) is 30.3 Å². The standard InChI is InChI=1S/C19H18BrF2NO3/c20-15-9-13(21)10-16(22)14(15)11-19(26,12-5-2-1-3-6-12)17-7-4-8-23(17)18(24)25/h1-3,5-6,9-10,17,26H,4,7-8,11H2,(H,24,25)/t17-,19?/m0/s1. The topological polar surface area (TPSA) is 60.8 Å². The third kappa shape index (κ3) is 3.46. The molecule has 1 aliphatic rings. The number of aliphatic hydroxyl groups is 1. The number of carbonyl (C=O) groups is 1. The van der Waals surface area contributed by atoms with Gasteiger partial charge in [0.1, 0.15) is 17.2 Å². The fraction of sp³-hybridized carbons (Fsp3) is 0.316. The summed E-state index contributed by atoms with van der Waals surface area (Å²) in [5.74, 6) is -1.51. The zero-order valence-electron chi connectivity index (χ0n) is 13.8. The second kappa shape index (κ2) is 7.32. The predicted octanol–water partition coefficient (Wildman–Crippen LogP) is 4.30. The van der Waals surface area contributed by atoms with Crippen LogP contribution in [0.4, 0.5) is 13.6 Å². The van der Waals surface area contributed by atoms with Crippen LogP contribution >= 0.6 is 15.9 Å². The molecule has 26 heavy (non-hydrogen) atoms. The number of rotatable bonds is 4. The van der Waals surface area contributed by atoms with E-state index in [9.17, 15) is 23.8 Å². The highest BCUT2D eigenvalue weighted by atomic mass is 79.9. The van der Waals surface area contributed by atoms with E-state index < -0.39 is 29.4 Å². The Morgan fingerprint density at radius 3 is 2.58 bits per heavy atom. The maximum absolute atomic E-state index is 14.4. The number of hydrogen-bond donors (Lipinski definition) is 2. The molecule has 2 aromatic carbocycles. The first kappa shape index (κ1) is 18.8. The number of benzene rings is 2. The molecule has 2 aromatic rings. The van der Waals surface area contributed by atoms with Gasteiger partial charge in [0.15, 0.2) is 0 Å². The lowest BCUT2D eigenvalue weighted by Crippen LogP contribution is -2.50. The van der Waals surface area contributed by atoms with Crippen LogP contribution in [0.1, 0.15) is 24.0 Å². The number of hydrogen-bond acceptors (Lipinski definition) is 2. The monoisotopic (exact) mass is 425 g/mol. The lowest BCUT2D eigenvalue weighted by Gasteiger charge is -2.39. The Hall–Kier alpha value is -1.99. The van der Waals surface area contributed by atoms with Crippen molar-refractivity contribution in [2.75, 3.05) is 6.54 Å². The Morgan fingerprint density at radius 1 is 1.27 bits per heavy atom. The van der Waals surface area contributed by atoms with Gasteiger partial charge in [0, 0.05) is 29.1 Å². The molecule has 4 nitrogen and oxygen atoms in total. The second-order valence-electron chi connectivity index (χ2n) is 6.45. The zero-order chi connectivity index (χ0) is 18.9. The highest BCUT2D eigenvalue weighted by Gasteiger charge is 2.46. The van der Waals surface area contributed by atoms with Gasteiger partial charge in [0.25, 0.3) is 0 Å². The third-order valence-electron chi connectivity index (χ3n) is 4.88. The van der Waals surface area contributed by atoms with Gasteiger partial charge in [-0.1, -0.05) is 46.3 Å². The van der Waals surface area contributed by atoms with Gasteiger partial charge in [0.05, 0.1) is 6.04 Å². The molecule has 7 heteroatoms.